The molecule has 1 rings (SSSR count). The van der Waals surface area contributed by atoms with Crippen molar-refractivity contribution in [3.05, 3.63) is 29.8 Å². The molecule has 0 saturated heterocycles. The van der Waals surface area contributed by atoms with Crippen molar-refractivity contribution >= 4 is 27.3 Å². The first-order valence-corrected chi connectivity index (χ1v) is 8.30. The maximum atomic E-state index is 11.9. The lowest BCUT2D eigenvalue weighted by Gasteiger charge is -2.13. The molecule has 0 bridgehead atoms. The first-order valence-electron chi connectivity index (χ1n) is 6.34. The van der Waals surface area contributed by atoms with Gasteiger partial charge < -0.3 is 16.4 Å². The predicted molar refractivity (Wildman–Crippen MR) is 80.8 cm³/mol. The Labute approximate surface area is 123 Å². The first kappa shape index (κ1) is 17.1. The fourth-order valence-electron chi connectivity index (χ4n) is 1.50. The van der Waals surface area contributed by atoms with Gasteiger partial charge in [0.25, 0.3) is 5.91 Å². The molecule has 0 heterocycles. The second-order valence-electron chi connectivity index (χ2n) is 4.55. The Hall–Kier alpha value is -1.93. The number of sulfone groups is 1. The number of anilines is 1. The van der Waals surface area contributed by atoms with Crippen molar-refractivity contribution in [3.8, 4) is 0 Å². The molecule has 116 valence electrons. The molecule has 1 aromatic rings. The highest BCUT2D eigenvalue weighted by Crippen LogP contribution is 2.16. The van der Waals surface area contributed by atoms with Gasteiger partial charge in [-0.25, -0.2) is 8.42 Å². The second kappa shape index (κ2) is 7.19. The van der Waals surface area contributed by atoms with Crippen LogP contribution in [0.2, 0.25) is 0 Å². The van der Waals surface area contributed by atoms with Crippen LogP contribution in [0.25, 0.3) is 0 Å². The number of hydrogen-bond donors (Lipinski definition) is 3. The molecule has 8 heteroatoms. The normalized spacial score (nSPS) is 12.5. The van der Waals surface area contributed by atoms with Gasteiger partial charge in [-0.3, -0.25) is 9.59 Å². The van der Waals surface area contributed by atoms with E-state index < -0.39 is 21.0 Å². The highest BCUT2D eigenvalue weighted by atomic mass is 32.2. The largest absolute Gasteiger partial charge is 0.351 e. The smallest absolute Gasteiger partial charge is 0.253 e. The van der Waals surface area contributed by atoms with Crippen molar-refractivity contribution < 1.29 is 18.0 Å². The van der Waals surface area contributed by atoms with E-state index >= 15 is 0 Å². The lowest BCUT2D eigenvalue weighted by molar-refractivity contribution is -0.115. The van der Waals surface area contributed by atoms with E-state index in [1.807, 2.05) is 0 Å². The van der Waals surface area contributed by atoms with Crippen molar-refractivity contribution in [2.24, 2.45) is 5.73 Å². The van der Waals surface area contributed by atoms with Crippen LogP contribution in [0.1, 0.15) is 17.3 Å². The monoisotopic (exact) mass is 313 g/mol. The number of nitrogens with one attached hydrogen (secondary N) is 2. The molecule has 0 aromatic heterocycles. The van der Waals surface area contributed by atoms with Crippen LogP contribution in [0.15, 0.2) is 24.3 Å². The summed E-state index contributed by atoms with van der Waals surface area (Å²) in [6.45, 7) is 1.90. The highest BCUT2D eigenvalue weighted by molar-refractivity contribution is 7.92. The third-order valence-electron chi connectivity index (χ3n) is 2.87. The van der Waals surface area contributed by atoms with E-state index in [1.54, 1.807) is 12.1 Å². The Kier molecular flexibility index (Phi) is 5.86. The molecule has 4 N–H and O–H groups in total. The summed E-state index contributed by atoms with van der Waals surface area (Å²) >= 11 is 0. The Morgan fingerprint density at radius 1 is 1.29 bits per heavy atom. The standard InChI is InChI=1S/C13H19N3O4S/c1-9(21(2,19)20)12(17)16-11-6-4-3-5-10(11)13(18)15-8-7-14/h3-6,9H,7-8,14H2,1-2H3,(H,15,18)(H,16,17). The number of hydrogen-bond acceptors (Lipinski definition) is 5. The molecular weight excluding hydrogens is 294 g/mol. The topological polar surface area (TPSA) is 118 Å². The third kappa shape index (κ3) is 4.83. The minimum absolute atomic E-state index is 0.250. The molecule has 1 aromatic carbocycles. The van der Waals surface area contributed by atoms with E-state index in [0.717, 1.165) is 6.26 Å². The summed E-state index contributed by atoms with van der Waals surface area (Å²) in [6.07, 6.45) is 0.983. The molecule has 0 fully saturated rings. The van der Waals surface area contributed by atoms with Gasteiger partial charge >= 0.3 is 0 Å². The van der Waals surface area contributed by atoms with Gasteiger partial charge in [0.05, 0.1) is 11.3 Å². The summed E-state index contributed by atoms with van der Waals surface area (Å²) in [6, 6.07) is 6.35. The number of carbonyl (C=O) groups is 2. The van der Waals surface area contributed by atoms with Crippen molar-refractivity contribution in [2.75, 3.05) is 24.7 Å². The predicted octanol–water partition coefficient (Wildman–Crippen LogP) is -0.253. The van der Waals surface area contributed by atoms with Crippen LogP contribution in [-0.4, -0.2) is 44.8 Å². The zero-order chi connectivity index (χ0) is 16.0. The summed E-state index contributed by atoms with van der Waals surface area (Å²) in [4.78, 5) is 23.8. The zero-order valence-electron chi connectivity index (χ0n) is 11.9. The van der Waals surface area contributed by atoms with Gasteiger partial charge in [-0.2, -0.15) is 0 Å². The molecule has 1 atom stereocenters. The molecule has 21 heavy (non-hydrogen) atoms. The van der Waals surface area contributed by atoms with Crippen LogP contribution < -0.4 is 16.4 Å². The van der Waals surface area contributed by atoms with E-state index in [9.17, 15) is 18.0 Å². The van der Waals surface area contributed by atoms with Gasteiger partial charge in [-0.1, -0.05) is 12.1 Å². The maximum Gasteiger partial charge on any atom is 0.253 e. The van der Waals surface area contributed by atoms with Gasteiger partial charge in [0, 0.05) is 19.3 Å². The highest BCUT2D eigenvalue weighted by Gasteiger charge is 2.24. The molecule has 0 aliphatic carbocycles. The Morgan fingerprint density at radius 3 is 2.48 bits per heavy atom. The van der Waals surface area contributed by atoms with Crippen LogP contribution in [-0.2, 0) is 14.6 Å². The third-order valence-corrected chi connectivity index (χ3v) is 4.37. The summed E-state index contributed by atoms with van der Waals surface area (Å²) in [5.74, 6) is -1.07. The zero-order valence-corrected chi connectivity index (χ0v) is 12.7. The molecule has 0 aliphatic rings. The van der Waals surface area contributed by atoms with Gasteiger partial charge in [-0.15, -0.1) is 0 Å². The molecule has 7 nitrogen and oxygen atoms in total. The van der Waals surface area contributed by atoms with E-state index in [0.29, 0.717) is 13.1 Å². The summed E-state index contributed by atoms with van der Waals surface area (Å²) in [7, 11) is -3.50. The lowest BCUT2D eigenvalue weighted by atomic mass is 10.1. The average Bonchev–Trinajstić information content (AvgIpc) is 2.43. The number of para-hydroxylation sites is 1. The Balaban J connectivity index is 2.94. The number of carbonyl (C=O) groups excluding carboxylic acids is 2. The average molecular weight is 313 g/mol. The number of benzene rings is 1. The molecule has 0 aliphatic heterocycles. The summed E-state index contributed by atoms with van der Waals surface area (Å²) in [5, 5.41) is 3.86. The number of nitrogens with two attached hydrogens (primary N) is 1. The number of amides is 2. The van der Waals surface area contributed by atoms with Crippen molar-refractivity contribution in [1.82, 2.24) is 5.32 Å². The molecule has 0 spiro atoms. The van der Waals surface area contributed by atoms with Crippen molar-refractivity contribution in [2.45, 2.75) is 12.2 Å². The van der Waals surface area contributed by atoms with Crippen LogP contribution in [0.3, 0.4) is 0 Å². The van der Waals surface area contributed by atoms with Crippen LogP contribution in [0, 0.1) is 0 Å². The maximum absolute atomic E-state index is 11.9. The molecular formula is C13H19N3O4S. The summed E-state index contributed by atoms with van der Waals surface area (Å²) < 4.78 is 22.7. The van der Waals surface area contributed by atoms with Gasteiger partial charge in [-0.05, 0) is 19.1 Å². The quantitative estimate of drug-likeness (QED) is 0.669. The first-order chi connectivity index (χ1) is 9.77. The van der Waals surface area contributed by atoms with Crippen molar-refractivity contribution in [3.63, 3.8) is 0 Å². The molecule has 2 amide bonds. The minimum Gasteiger partial charge on any atom is -0.351 e. The summed E-state index contributed by atoms with van der Waals surface area (Å²) in [5.41, 5.74) is 5.82. The van der Waals surface area contributed by atoms with Crippen LogP contribution in [0.5, 0.6) is 0 Å². The van der Waals surface area contributed by atoms with Crippen molar-refractivity contribution in [1.29, 1.82) is 0 Å². The number of rotatable bonds is 6. The minimum atomic E-state index is -3.50. The SMILES string of the molecule is CC(C(=O)Nc1ccccc1C(=O)NCCN)S(C)(=O)=O. The Morgan fingerprint density at radius 2 is 1.90 bits per heavy atom. The van der Waals surface area contributed by atoms with Gasteiger partial charge in [0.2, 0.25) is 5.91 Å². The molecule has 0 saturated carbocycles. The lowest BCUT2D eigenvalue weighted by Crippen LogP contribution is -2.33. The Bertz CT molecular complexity index is 628. The molecule has 1 unspecified atom stereocenters. The van der Waals surface area contributed by atoms with Gasteiger partial charge in [0.15, 0.2) is 9.84 Å². The van der Waals surface area contributed by atoms with E-state index in [2.05, 4.69) is 10.6 Å². The second-order valence-corrected chi connectivity index (χ2v) is 6.92. The van der Waals surface area contributed by atoms with E-state index in [4.69, 9.17) is 5.73 Å². The fraction of sp³-hybridized carbons (Fsp3) is 0.385. The fourth-order valence-corrected chi connectivity index (χ4v) is 1.95. The van der Waals surface area contributed by atoms with E-state index in [1.165, 1.54) is 19.1 Å². The van der Waals surface area contributed by atoms with Crippen LogP contribution in [0.4, 0.5) is 5.69 Å². The van der Waals surface area contributed by atoms with E-state index in [-0.39, 0.29) is 17.2 Å². The molecule has 0 radical (unpaired) electrons. The van der Waals surface area contributed by atoms with Gasteiger partial charge in [0.1, 0.15) is 5.25 Å². The van der Waals surface area contributed by atoms with Crippen LogP contribution >= 0.6 is 0 Å².